The van der Waals surface area contributed by atoms with Gasteiger partial charge in [0.15, 0.2) is 0 Å². The Balaban J connectivity index is 1.42. The van der Waals surface area contributed by atoms with E-state index >= 15 is 0 Å². The third kappa shape index (κ3) is 3.11. The lowest BCUT2D eigenvalue weighted by Crippen LogP contribution is -1.93. The molecule has 2 nitrogen and oxygen atoms in total. The molecule has 0 aliphatic carbocycles. The second-order valence-corrected chi connectivity index (χ2v) is 9.53. The number of aryl methyl sites for hydroxylation is 2. The maximum atomic E-state index is 5.79. The van der Waals surface area contributed by atoms with Gasteiger partial charge in [0.1, 0.15) is 5.58 Å². The Morgan fingerprint density at radius 1 is 0.583 bits per heavy atom. The van der Waals surface area contributed by atoms with Gasteiger partial charge in [-0.1, -0.05) is 66.7 Å². The predicted octanol–water partition coefficient (Wildman–Crippen LogP) is 9.48. The van der Waals surface area contributed by atoms with Crippen LogP contribution in [0.2, 0.25) is 0 Å². The lowest BCUT2D eigenvalue weighted by Gasteiger charge is -2.13. The zero-order valence-electron chi connectivity index (χ0n) is 20.3. The van der Waals surface area contributed by atoms with Gasteiger partial charge in [-0.25, -0.2) is 0 Å². The SMILES string of the molecule is Cc1ccc(-c2ccc3c(c2)c2ccccc2n3-c2ccccc2)cc1-c1ccc2ccoc2c1C. The number of benzene rings is 5. The van der Waals surface area contributed by atoms with Crippen molar-refractivity contribution in [1.82, 2.24) is 4.57 Å². The van der Waals surface area contributed by atoms with Gasteiger partial charge < -0.3 is 8.98 Å². The smallest absolute Gasteiger partial charge is 0.137 e. The summed E-state index contributed by atoms with van der Waals surface area (Å²) in [6, 6.07) is 39.3. The van der Waals surface area contributed by atoms with E-state index in [9.17, 15) is 0 Å². The fourth-order valence-corrected chi connectivity index (χ4v) is 5.57. The average molecular weight is 464 g/mol. The minimum absolute atomic E-state index is 0.965. The molecule has 2 aromatic heterocycles. The number of hydrogen-bond acceptors (Lipinski definition) is 1. The third-order valence-corrected chi connectivity index (χ3v) is 7.42. The Bertz CT molecular complexity index is 1900. The van der Waals surface area contributed by atoms with Crippen molar-refractivity contribution in [2.75, 3.05) is 0 Å². The predicted molar refractivity (Wildman–Crippen MR) is 151 cm³/mol. The summed E-state index contributed by atoms with van der Waals surface area (Å²) in [6.07, 6.45) is 1.77. The Hall–Kier alpha value is -4.56. The molecule has 7 aromatic rings. The molecular weight excluding hydrogens is 438 g/mol. The Morgan fingerprint density at radius 2 is 1.33 bits per heavy atom. The summed E-state index contributed by atoms with van der Waals surface area (Å²) in [7, 11) is 0. The largest absolute Gasteiger partial charge is 0.464 e. The van der Waals surface area contributed by atoms with Crippen LogP contribution in [0.1, 0.15) is 11.1 Å². The van der Waals surface area contributed by atoms with Gasteiger partial charge in [-0.15, -0.1) is 0 Å². The van der Waals surface area contributed by atoms with Crippen LogP contribution in [-0.2, 0) is 0 Å². The molecule has 0 aliphatic rings. The minimum atomic E-state index is 0.965. The van der Waals surface area contributed by atoms with Crippen molar-refractivity contribution in [2.24, 2.45) is 0 Å². The highest BCUT2D eigenvalue weighted by atomic mass is 16.3. The first kappa shape index (κ1) is 20.8. The van der Waals surface area contributed by atoms with E-state index in [0.717, 1.165) is 11.0 Å². The van der Waals surface area contributed by atoms with Crippen molar-refractivity contribution in [3.8, 4) is 27.9 Å². The molecule has 0 atom stereocenters. The number of rotatable bonds is 3. The number of para-hydroxylation sites is 2. The summed E-state index contributed by atoms with van der Waals surface area (Å²) in [6.45, 7) is 4.33. The lowest BCUT2D eigenvalue weighted by atomic mass is 9.92. The van der Waals surface area contributed by atoms with Gasteiger partial charge in [0.25, 0.3) is 0 Å². The summed E-state index contributed by atoms with van der Waals surface area (Å²) in [5.41, 5.74) is 11.9. The van der Waals surface area contributed by atoms with Crippen molar-refractivity contribution >= 4 is 32.8 Å². The van der Waals surface area contributed by atoms with Crippen LogP contribution in [0.25, 0.3) is 60.7 Å². The molecule has 0 saturated heterocycles. The molecule has 0 bridgehead atoms. The van der Waals surface area contributed by atoms with Gasteiger partial charge in [-0.3, -0.25) is 0 Å². The zero-order chi connectivity index (χ0) is 24.2. The topological polar surface area (TPSA) is 18.1 Å². The van der Waals surface area contributed by atoms with Gasteiger partial charge in [0.05, 0.1) is 17.3 Å². The van der Waals surface area contributed by atoms with Gasteiger partial charge in [-0.05, 0) is 84.1 Å². The van der Waals surface area contributed by atoms with E-state index < -0.39 is 0 Å². The molecular formula is C34H25NO. The van der Waals surface area contributed by atoms with Crippen molar-refractivity contribution in [3.05, 3.63) is 127 Å². The maximum Gasteiger partial charge on any atom is 0.137 e. The summed E-state index contributed by atoms with van der Waals surface area (Å²) < 4.78 is 8.15. The van der Waals surface area contributed by atoms with E-state index in [4.69, 9.17) is 4.42 Å². The van der Waals surface area contributed by atoms with Crippen LogP contribution in [0.3, 0.4) is 0 Å². The highest BCUT2D eigenvalue weighted by molar-refractivity contribution is 6.10. The standard InChI is InChI=1S/C34H25NO/c1-22-12-13-25(20-30(22)28-16-14-24-18-19-36-34(24)23(28)2)26-15-17-33-31(21-26)29-10-6-7-11-32(29)35(33)27-8-4-3-5-9-27/h3-21H,1-2H3. The fourth-order valence-electron chi connectivity index (χ4n) is 5.57. The maximum absolute atomic E-state index is 5.79. The highest BCUT2D eigenvalue weighted by Gasteiger charge is 2.15. The number of furan rings is 1. The second kappa shape index (κ2) is 8.00. The summed E-state index contributed by atoms with van der Waals surface area (Å²) in [5.74, 6) is 0. The fraction of sp³-hybridized carbons (Fsp3) is 0.0588. The Labute approximate surface area is 210 Å². The molecule has 2 heterocycles. The first-order valence-electron chi connectivity index (χ1n) is 12.4. The van der Waals surface area contributed by atoms with Crippen LogP contribution in [0.5, 0.6) is 0 Å². The van der Waals surface area contributed by atoms with Crippen LogP contribution in [0, 0.1) is 13.8 Å². The van der Waals surface area contributed by atoms with E-state index in [1.807, 2.05) is 6.07 Å². The van der Waals surface area contributed by atoms with E-state index in [0.29, 0.717) is 0 Å². The van der Waals surface area contributed by atoms with E-state index in [1.165, 1.54) is 60.9 Å². The normalized spacial score (nSPS) is 11.6. The van der Waals surface area contributed by atoms with Gasteiger partial charge in [0.2, 0.25) is 0 Å². The molecule has 7 rings (SSSR count). The van der Waals surface area contributed by atoms with Crippen molar-refractivity contribution < 1.29 is 4.42 Å². The van der Waals surface area contributed by atoms with E-state index in [-0.39, 0.29) is 0 Å². The molecule has 2 heteroatoms. The Kier molecular flexibility index (Phi) is 4.62. The Morgan fingerprint density at radius 3 is 2.22 bits per heavy atom. The molecule has 36 heavy (non-hydrogen) atoms. The number of aromatic nitrogens is 1. The van der Waals surface area contributed by atoms with Gasteiger partial charge in [-0.2, -0.15) is 0 Å². The summed E-state index contributed by atoms with van der Waals surface area (Å²) >= 11 is 0. The van der Waals surface area contributed by atoms with Crippen LogP contribution in [-0.4, -0.2) is 4.57 Å². The van der Waals surface area contributed by atoms with Crippen LogP contribution < -0.4 is 0 Å². The van der Waals surface area contributed by atoms with Crippen molar-refractivity contribution in [1.29, 1.82) is 0 Å². The monoisotopic (exact) mass is 463 g/mol. The minimum Gasteiger partial charge on any atom is -0.464 e. The van der Waals surface area contributed by atoms with Crippen LogP contribution >= 0.6 is 0 Å². The highest BCUT2D eigenvalue weighted by Crippen LogP contribution is 2.38. The zero-order valence-corrected chi connectivity index (χ0v) is 20.3. The number of fused-ring (bicyclic) bond motifs is 4. The van der Waals surface area contributed by atoms with Crippen LogP contribution in [0.4, 0.5) is 0 Å². The van der Waals surface area contributed by atoms with Crippen molar-refractivity contribution in [2.45, 2.75) is 13.8 Å². The molecule has 0 saturated carbocycles. The third-order valence-electron chi connectivity index (χ3n) is 7.42. The van der Waals surface area contributed by atoms with E-state index in [1.54, 1.807) is 6.26 Å². The molecule has 0 amide bonds. The molecule has 0 radical (unpaired) electrons. The molecule has 5 aromatic carbocycles. The number of hydrogen-bond donors (Lipinski definition) is 0. The summed E-state index contributed by atoms with van der Waals surface area (Å²) in [5, 5.41) is 3.68. The van der Waals surface area contributed by atoms with E-state index in [2.05, 4.69) is 122 Å². The quantitative estimate of drug-likeness (QED) is 0.255. The van der Waals surface area contributed by atoms with Gasteiger partial charge >= 0.3 is 0 Å². The summed E-state index contributed by atoms with van der Waals surface area (Å²) in [4.78, 5) is 0. The van der Waals surface area contributed by atoms with Crippen molar-refractivity contribution in [3.63, 3.8) is 0 Å². The second-order valence-electron chi connectivity index (χ2n) is 9.53. The first-order chi connectivity index (χ1) is 17.7. The first-order valence-corrected chi connectivity index (χ1v) is 12.4. The lowest BCUT2D eigenvalue weighted by molar-refractivity contribution is 0.613. The number of nitrogens with zero attached hydrogens (tertiary/aromatic N) is 1. The van der Waals surface area contributed by atoms with Gasteiger partial charge in [0, 0.05) is 27.4 Å². The molecule has 0 spiro atoms. The molecule has 0 N–H and O–H groups in total. The molecule has 0 unspecified atom stereocenters. The average Bonchev–Trinajstić information content (AvgIpc) is 3.53. The molecule has 0 fully saturated rings. The van der Waals surface area contributed by atoms with Crippen LogP contribution in [0.15, 0.2) is 120 Å². The molecule has 0 aliphatic heterocycles. The molecule has 172 valence electrons.